The fraction of sp³-hybridized carbons (Fsp3) is 0.706. The van der Waals surface area contributed by atoms with Gasteiger partial charge in [-0.15, -0.1) is 0 Å². The number of urea groups is 1. The van der Waals surface area contributed by atoms with E-state index in [4.69, 9.17) is 13.9 Å². The number of nitrogens with one attached hydrogen (secondary N) is 1. The molecule has 2 amide bonds. The van der Waals surface area contributed by atoms with Crippen LogP contribution >= 0.6 is 0 Å². The molecule has 2 aliphatic rings. The van der Waals surface area contributed by atoms with E-state index in [0.29, 0.717) is 25.0 Å². The van der Waals surface area contributed by atoms with Crippen molar-refractivity contribution in [2.24, 2.45) is 5.92 Å². The van der Waals surface area contributed by atoms with E-state index in [1.165, 1.54) is 0 Å². The summed E-state index contributed by atoms with van der Waals surface area (Å²) in [7, 11) is 1.78. The van der Waals surface area contributed by atoms with Crippen LogP contribution in [-0.4, -0.2) is 75.0 Å². The lowest BCUT2D eigenvalue weighted by Crippen LogP contribution is -2.53. The van der Waals surface area contributed by atoms with Crippen molar-refractivity contribution >= 4 is 6.03 Å². The minimum Gasteiger partial charge on any atom is -0.467 e. The molecule has 7 heteroatoms. The number of nitrogens with zero attached hydrogens (tertiary/aromatic N) is 2. The first kappa shape index (κ1) is 17.3. The molecule has 2 saturated heterocycles. The Morgan fingerprint density at radius 3 is 2.88 bits per heavy atom. The maximum Gasteiger partial charge on any atom is 0.317 e. The second kappa shape index (κ2) is 8.50. The molecule has 0 aromatic carbocycles. The highest BCUT2D eigenvalue weighted by Gasteiger charge is 2.32. The molecule has 3 heterocycles. The van der Waals surface area contributed by atoms with Gasteiger partial charge in [-0.2, -0.15) is 0 Å². The largest absolute Gasteiger partial charge is 0.467 e. The molecule has 7 nitrogen and oxygen atoms in total. The molecule has 2 aliphatic heterocycles. The second-order valence-electron chi connectivity index (χ2n) is 6.46. The number of amides is 2. The molecule has 0 bridgehead atoms. The summed E-state index contributed by atoms with van der Waals surface area (Å²) in [4.78, 5) is 16.4. The summed E-state index contributed by atoms with van der Waals surface area (Å²) in [5, 5.41) is 3.08. The molecule has 1 N–H and O–H groups in total. The van der Waals surface area contributed by atoms with E-state index in [0.717, 1.165) is 51.7 Å². The molecule has 3 rings (SSSR count). The Kier molecular flexibility index (Phi) is 6.12. The number of rotatable bonds is 6. The second-order valence-corrected chi connectivity index (χ2v) is 6.46. The van der Waals surface area contributed by atoms with E-state index in [1.54, 1.807) is 18.2 Å². The molecule has 2 fully saturated rings. The van der Waals surface area contributed by atoms with Gasteiger partial charge in [-0.05, 0) is 18.6 Å². The number of morpholine rings is 1. The first-order valence-corrected chi connectivity index (χ1v) is 8.65. The van der Waals surface area contributed by atoms with Crippen molar-refractivity contribution in [3.8, 4) is 0 Å². The standard InChI is InChI=1S/C17H27N3O4/c1-19(12-15-3-2-7-24-15)17(21)18-11-16(14-4-8-23-13-14)20-5-9-22-10-6-20/h2-3,7,14,16H,4-6,8-13H2,1H3,(H,18,21)/t14-,16-/m1/s1. The summed E-state index contributed by atoms with van der Waals surface area (Å²) >= 11 is 0. The molecule has 0 radical (unpaired) electrons. The van der Waals surface area contributed by atoms with Gasteiger partial charge in [0.05, 0.1) is 32.6 Å². The molecule has 1 aromatic rings. The van der Waals surface area contributed by atoms with Crippen LogP contribution in [0, 0.1) is 5.92 Å². The monoisotopic (exact) mass is 337 g/mol. The summed E-state index contributed by atoms with van der Waals surface area (Å²) in [6, 6.07) is 3.92. The van der Waals surface area contributed by atoms with Crippen molar-refractivity contribution in [3.05, 3.63) is 24.2 Å². The third-order valence-electron chi connectivity index (χ3n) is 4.81. The molecule has 2 atom stereocenters. The fourth-order valence-electron chi connectivity index (χ4n) is 3.39. The van der Waals surface area contributed by atoms with Gasteiger partial charge in [0.2, 0.25) is 0 Å². The highest BCUT2D eigenvalue weighted by molar-refractivity contribution is 5.73. The molecular formula is C17H27N3O4. The zero-order valence-corrected chi connectivity index (χ0v) is 14.3. The van der Waals surface area contributed by atoms with Crippen LogP contribution in [0.5, 0.6) is 0 Å². The lowest BCUT2D eigenvalue weighted by Gasteiger charge is -2.37. The van der Waals surface area contributed by atoms with Crippen molar-refractivity contribution in [2.75, 3.05) is 53.1 Å². The van der Waals surface area contributed by atoms with Crippen LogP contribution in [-0.2, 0) is 16.0 Å². The van der Waals surface area contributed by atoms with E-state index in [2.05, 4.69) is 10.2 Å². The van der Waals surface area contributed by atoms with Gasteiger partial charge in [-0.3, -0.25) is 4.90 Å². The Balaban J connectivity index is 1.52. The summed E-state index contributed by atoms with van der Waals surface area (Å²) in [6.45, 7) is 6.05. The quantitative estimate of drug-likeness (QED) is 0.844. The summed E-state index contributed by atoms with van der Waals surface area (Å²) < 4.78 is 16.3. The Labute approximate surface area is 142 Å². The average molecular weight is 337 g/mol. The first-order valence-electron chi connectivity index (χ1n) is 8.65. The van der Waals surface area contributed by atoms with Gasteiger partial charge in [-0.1, -0.05) is 0 Å². The Morgan fingerprint density at radius 1 is 1.38 bits per heavy atom. The Morgan fingerprint density at radius 2 is 2.21 bits per heavy atom. The molecule has 0 aliphatic carbocycles. The third kappa shape index (κ3) is 4.49. The zero-order chi connectivity index (χ0) is 16.8. The normalized spacial score (nSPS) is 23.1. The predicted octanol–water partition coefficient (Wildman–Crippen LogP) is 1.16. The van der Waals surface area contributed by atoms with E-state index in [9.17, 15) is 4.79 Å². The van der Waals surface area contributed by atoms with Crippen molar-refractivity contribution in [1.82, 2.24) is 15.1 Å². The van der Waals surface area contributed by atoms with Gasteiger partial charge in [0, 0.05) is 45.2 Å². The van der Waals surface area contributed by atoms with Crippen LogP contribution in [0.15, 0.2) is 22.8 Å². The van der Waals surface area contributed by atoms with Crippen LogP contribution < -0.4 is 5.32 Å². The number of hydrogen-bond donors (Lipinski definition) is 1. The lowest BCUT2D eigenvalue weighted by atomic mass is 9.97. The summed E-state index contributed by atoms with van der Waals surface area (Å²) in [6.07, 6.45) is 2.68. The molecule has 0 saturated carbocycles. The average Bonchev–Trinajstić information content (AvgIpc) is 3.30. The number of carbonyl (C=O) groups excluding carboxylic acids is 1. The lowest BCUT2D eigenvalue weighted by molar-refractivity contribution is 0.00189. The van der Waals surface area contributed by atoms with Gasteiger partial charge >= 0.3 is 6.03 Å². The van der Waals surface area contributed by atoms with Crippen LogP contribution in [0.25, 0.3) is 0 Å². The fourth-order valence-corrected chi connectivity index (χ4v) is 3.39. The predicted molar refractivity (Wildman–Crippen MR) is 88.7 cm³/mol. The number of ether oxygens (including phenoxy) is 2. The maximum absolute atomic E-state index is 12.4. The van der Waals surface area contributed by atoms with Crippen molar-refractivity contribution in [2.45, 2.75) is 19.0 Å². The number of carbonyl (C=O) groups is 1. The SMILES string of the molecule is CN(Cc1ccco1)C(=O)NC[C@H]([C@@H]1CCOC1)N1CCOCC1. The molecular weight excluding hydrogens is 310 g/mol. The van der Waals surface area contributed by atoms with Gasteiger partial charge in [0.25, 0.3) is 0 Å². The van der Waals surface area contributed by atoms with Gasteiger partial charge in [-0.25, -0.2) is 4.79 Å². The molecule has 24 heavy (non-hydrogen) atoms. The minimum atomic E-state index is -0.0800. The number of hydrogen-bond acceptors (Lipinski definition) is 5. The van der Waals surface area contributed by atoms with Crippen molar-refractivity contribution in [3.63, 3.8) is 0 Å². The van der Waals surface area contributed by atoms with E-state index < -0.39 is 0 Å². The van der Waals surface area contributed by atoms with E-state index >= 15 is 0 Å². The van der Waals surface area contributed by atoms with Crippen LogP contribution in [0.1, 0.15) is 12.2 Å². The molecule has 0 unspecified atom stereocenters. The summed E-state index contributed by atoms with van der Waals surface area (Å²) in [5.41, 5.74) is 0. The van der Waals surface area contributed by atoms with E-state index in [-0.39, 0.29) is 6.03 Å². The minimum absolute atomic E-state index is 0.0800. The first-order chi connectivity index (χ1) is 11.7. The van der Waals surface area contributed by atoms with Gasteiger partial charge < -0.3 is 24.1 Å². The zero-order valence-electron chi connectivity index (χ0n) is 14.3. The van der Waals surface area contributed by atoms with Crippen LogP contribution in [0.2, 0.25) is 0 Å². The third-order valence-corrected chi connectivity index (χ3v) is 4.81. The highest BCUT2D eigenvalue weighted by Crippen LogP contribution is 2.22. The molecule has 0 spiro atoms. The smallest absolute Gasteiger partial charge is 0.317 e. The van der Waals surface area contributed by atoms with Gasteiger partial charge in [0.1, 0.15) is 5.76 Å². The topological polar surface area (TPSA) is 67.2 Å². The Bertz CT molecular complexity index is 496. The number of furan rings is 1. The maximum atomic E-state index is 12.4. The molecule has 134 valence electrons. The van der Waals surface area contributed by atoms with E-state index in [1.807, 2.05) is 12.1 Å². The van der Waals surface area contributed by atoms with Crippen LogP contribution in [0.3, 0.4) is 0 Å². The Hall–Kier alpha value is -1.57. The van der Waals surface area contributed by atoms with Crippen LogP contribution in [0.4, 0.5) is 4.79 Å². The highest BCUT2D eigenvalue weighted by atomic mass is 16.5. The van der Waals surface area contributed by atoms with Crippen molar-refractivity contribution < 1.29 is 18.7 Å². The molecule has 1 aromatic heterocycles. The van der Waals surface area contributed by atoms with Gasteiger partial charge in [0.15, 0.2) is 0 Å². The summed E-state index contributed by atoms with van der Waals surface area (Å²) in [5.74, 6) is 1.25. The van der Waals surface area contributed by atoms with Crippen molar-refractivity contribution in [1.29, 1.82) is 0 Å².